The van der Waals surface area contributed by atoms with Gasteiger partial charge in [0.2, 0.25) is 0 Å². The Hall–Kier alpha value is -2.81. The number of carbonyl (C=O) groups is 1. The van der Waals surface area contributed by atoms with Crippen LogP contribution in [0.25, 0.3) is 10.8 Å². The highest BCUT2D eigenvalue weighted by atomic mass is 16.5. The van der Waals surface area contributed by atoms with Crippen LogP contribution in [0.3, 0.4) is 0 Å². The molecule has 0 aromatic heterocycles. The molecule has 3 heteroatoms. The van der Waals surface area contributed by atoms with Crippen molar-refractivity contribution >= 4 is 16.7 Å². The van der Waals surface area contributed by atoms with Gasteiger partial charge in [-0.3, -0.25) is 0 Å². The molecule has 0 saturated carbocycles. The third kappa shape index (κ3) is 2.78. The zero-order chi connectivity index (χ0) is 16.4. The van der Waals surface area contributed by atoms with Crippen LogP contribution >= 0.6 is 0 Å². The molecular weight excluding hydrogens is 288 g/mol. The molecule has 0 spiro atoms. The number of fused-ring (bicyclic) bond motifs is 1. The summed E-state index contributed by atoms with van der Waals surface area (Å²) in [5, 5.41) is 11.1. The minimum absolute atomic E-state index is 0.352. The van der Waals surface area contributed by atoms with Crippen LogP contribution in [0.15, 0.2) is 54.6 Å². The summed E-state index contributed by atoms with van der Waals surface area (Å²) in [5.74, 6) is -0.150. The topological polar surface area (TPSA) is 46.5 Å². The number of hydrogen-bond donors (Lipinski definition) is 1. The van der Waals surface area contributed by atoms with Crippen molar-refractivity contribution in [1.82, 2.24) is 0 Å². The first-order valence-electron chi connectivity index (χ1n) is 7.51. The van der Waals surface area contributed by atoms with Gasteiger partial charge in [-0.25, -0.2) is 4.79 Å². The number of hydrogen-bond acceptors (Lipinski definition) is 2. The summed E-state index contributed by atoms with van der Waals surface area (Å²) >= 11 is 0. The second-order valence-electron chi connectivity index (χ2n) is 5.58. The van der Waals surface area contributed by atoms with E-state index < -0.39 is 5.97 Å². The average Bonchev–Trinajstić information content (AvgIpc) is 2.56. The Kier molecular flexibility index (Phi) is 4.02. The summed E-state index contributed by atoms with van der Waals surface area (Å²) in [6.45, 7) is 4.20. The smallest absolute Gasteiger partial charge is 0.336 e. The van der Waals surface area contributed by atoms with Crippen LogP contribution in [0.2, 0.25) is 0 Å². The number of benzene rings is 3. The Morgan fingerprint density at radius 2 is 1.52 bits per heavy atom. The molecule has 0 saturated heterocycles. The molecule has 116 valence electrons. The summed E-state index contributed by atoms with van der Waals surface area (Å²) in [6, 6.07) is 17.4. The molecule has 3 aromatic rings. The molecule has 0 bridgehead atoms. The fourth-order valence-electron chi connectivity index (χ4n) is 2.85. The van der Waals surface area contributed by atoms with Gasteiger partial charge in [-0.2, -0.15) is 0 Å². The average molecular weight is 306 g/mol. The van der Waals surface area contributed by atoms with E-state index in [2.05, 4.69) is 0 Å². The largest absolute Gasteiger partial charge is 0.488 e. The van der Waals surface area contributed by atoms with E-state index in [1.807, 2.05) is 68.4 Å². The van der Waals surface area contributed by atoms with Crippen LogP contribution in [0.1, 0.15) is 27.0 Å². The first-order chi connectivity index (χ1) is 11.1. The Morgan fingerprint density at radius 1 is 0.913 bits per heavy atom. The van der Waals surface area contributed by atoms with Gasteiger partial charge >= 0.3 is 5.97 Å². The van der Waals surface area contributed by atoms with Gasteiger partial charge in [0.1, 0.15) is 12.4 Å². The predicted molar refractivity (Wildman–Crippen MR) is 91.2 cm³/mol. The third-order valence-electron chi connectivity index (χ3n) is 4.16. The molecule has 3 aromatic carbocycles. The van der Waals surface area contributed by atoms with Crippen LogP contribution in [-0.2, 0) is 6.61 Å². The van der Waals surface area contributed by atoms with Crippen LogP contribution in [0, 0.1) is 13.8 Å². The highest BCUT2D eigenvalue weighted by Gasteiger charge is 2.19. The molecule has 0 aliphatic carbocycles. The molecule has 23 heavy (non-hydrogen) atoms. The van der Waals surface area contributed by atoms with Crippen LogP contribution in [-0.4, -0.2) is 11.1 Å². The monoisotopic (exact) mass is 306 g/mol. The van der Waals surface area contributed by atoms with Crippen molar-refractivity contribution in [3.8, 4) is 5.75 Å². The lowest BCUT2D eigenvalue weighted by Crippen LogP contribution is -2.06. The molecule has 0 atom stereocenters. The van der Waals surface area contributed by atoms with E-state index in [9.17, 15) is 9.90 Å². The lowest BCUT2D eigenvalue weighted by Gasteiger charge is -2.17. The molecular formula is C20H18O3. The standard InChI is InChI=1S/C20H18O3/c1-13-14(2)19(23-12-15-8-4-3-5-9-15)17-11-7-6-10-16(17)18(13)20(21)22/h3-11H,12H2,1-2H3,(H,21,22). The molecule has 0 fully saturated rings. The van der Waals surface area contributed by atoms with E-state index >= 15 is 0 Å². The Balaban J connectivity index is 2.12. The second-order valence-corrected chi connectivity index (χ2v) is 5.58. The minimum Gasteiger partial charge on any atom is -0.488 e. The minimum atomic E-state index is -0.906. The van der Waals surface area contributed by atoms with Gasteiger partial charge in [-0.1, -0.05) is 54.6 Å². The predicted octanol–water partition coefficient (Wildman–Crippen LogP) is 4.73. The van der Waals surface area contributed by atoms with E-state index in [1.54, 1.807) is 0 Å². The summed E-state index contributed by atoms with van der Waals surface area (Å²) < 4.78 is 6.06. The van der Waals surface area contributed by atoms with Crippen LogP contribution < -0.4 is 4.74 Å². The summed E-state index contributed by atoms with van der Waals surface area (Å²) in [5.41, 5.74) is 3.05. The number of carboxylic acid groups (broad SMARTS) is 1. The lowest BCUT2D eigenvalue weighted by molar-refractivity contribution is 0.0698. The molecule has 3 nitrogen and oxygen atoms in total. The maximum absolute atomic E-state index is 11.6. The first kappa shape index (κ1) is 15.1. The Morgan fingerprint density at radius 3 is 2.17 bits per heavy atom. The maximum atomic E-state index is 11.6. The molecule has 1 N–H and O–H groups in total. The van der Waals surface area contributed by atoms with Crippen molar-refractivity contribution < 1.29 is 14.6 Å². The molecule has 0 aliphatic heterocycles. The molecule has 0 amide bonds. The van der Waals surface area contributed by atoms with Gasteiger partial charge in [-0.05, 0) is 30.5 Å². The number of rotatable bonds is 4. The third-order valence-corrected chi connectivity index (χ3v) is 4.16. The summed E-state index contributed by atoms with van der Waals surface area (Å²) in [4.78, 5) is 11.6. The lowest BCUT2D eigenvalue weighted by atomic mass is 9.94. The second kappa shape index (κ2) is 6.13. The van der Waals surface area contributed by atoms with E-state index in [4.69, 9.17) is 4.74 Å². The van der Waals surface area contributed by atoms with Crippen LogP contribution in [0.4, 0.5) is 0 Å². The highest BCUT2D eigenvalue weighted by molar-refractivity contribution is 6.07. The molecule has 0 aliphatic rings. The zero-order valence-corrected chi connectivity index (χ0v) is 13.2. The van der Waals surface area contributed by atoms with Crippen molar-refractivity contribution in [2.75, 3.05) is 0 Å². The van der Waals surface area contributed by atoms with Gasteiger partial charge in [0, 0.05) is 10.8 Å². The van der Waals surface area contributed by atoms with Gasteiger partial charge in [0.15, 0.2) is 0 Å². The quantitative estimate of drug-likeness (QED) is 0.757. The van der Waals surface area contributed by atoms with Crippen molar-refractivity contribution in [1.29, 1.82) is 0 Å². The van der Waals surface area contributed by atoms with E-state index in [0.717, 1.165) is 27.8 Å². The van der Waals surface area contributed by atoms with Crippen molar-refractivity contribution in [2.24, 2.45) is 0 Å². The number of aromatic carboxylic acids is 1. The van der Waals surface area contributed by atoms with E-state index in [-0.39, 0.29) is 0 Å². The van der Waals surface area contributed by atoms with Crippen molar-refractivity contribution in [3.63, 3.8) is 0 Å². The van der Waals surface area contributed by atoms with E-state index in [1.165, 1.54) is 0 Å². The van der Waals surface area contributed by atoms with Crippen molar-refractivity contribution in [2.45, 2.75) is 20.5 Å². The van der Waals surface area contributed by atoms with Gasteiger partial charge in [0.05, 0.1) is 5.56 Å². The normalized spacial score (nSPS) is 10.7. The number of ether oxygens (including phenoxy) is 1. The van der Waals surface area contributed by atoms with E-state index in [0.29, 0.717) is 17.6 Å². The molecule has 0 heterocycles. The SMILES string of the molecule is Cc1c(C)c(C(=O)O)c2ccccc2c1OCc1ccccc1. The van der Waals surface area contributed by atoms with Crippen molar-refractivity contribution in [3.05, 3.63) is 76.9 Å². The first-order valence-corrected chi connectivity index (χ1v) is 7.51. The molecule has 3 rings (SSSR count). The van der Waals surface area contributed by atoms with Gasteiger partial charge in [0.25, 0.3) is 0 Å². The summed E-state index contributed by atoms with van der Waals surface area (Å²) in [7, 11) is 0. The number of carboxylic acids is 1. The fraction of sp³-hybridized carbons (Fsp3) is 0.150. The maximum Gasteiger partial charge on any atom is 0.336 e. The highest BCUT2D eigenvalue weighted by Crippen LogP contribution is 2.36. The Bertz CT molecular complexity index is 867. The summed E-state index contributed by atoms with van der Waals surface area (Å²) in [6.07, 6.45) is 0. The molecule has 0 radical (unpaired) electrons. The van der Waals surface area contributed by atoms with Gasteiger partial charge < -0.3 is 9.84 Å². The fourth-order valence-corrected chi connectivity index (χ4v) is 2.85. The zero-order valence-electron chi connectivity index (χ0n) is 13.2. The van der Waals surface area contributed by atoms with Crippen LogP contribution in [0.5, 0.6) is 5.75 Å². The Labute approximate surface area is 135 Å². The van der Waals surface area contributed by atoms with Gasteiger partial charge in [-0.15, -0.1) is 0 Å². The molecule has 0 unspecified atom stereocenters.